The summed E-state index contributed by atoms with van der Waals surface area (Å²) in [6.07, 6.45) is 2.59. The highest BCUT2D eigenvalue weighted by Crippen LogP contribution is 2.30. The molecule has 1 aromatic heterocycles. The molecule has 1 N–H and O–H groups in total. The minimum atomic E-state index is -0.0596. The molecule has 0 radical (unpaired) electrons. The summed E-state index contributed by atoms with van der Waals surface area (Å²) < 4.78 is 0. The van der Waals surface area contributed by atoms with Gasteiger partial charge in [0.2, 0.25) is 5.91 Å². The third kappa shape index (κ3) is 2.54. The zero-order valence-corrected chi connectivity index (χ0v) is 11.6. The van der Waals surface area contributed by atoms with Gasteiger partial charge in [-0.25, -0.2) is 9.88 Å². The highest BCUT2D eigenvalue weighted by molar-refractivity contribution is 8.15. The molecular weight excluding hydrogens is 278 g/mol. The van der Waals surface area contributed by atoms with Crippen LogP contribution in [0.5, 0.6) is 0 Å². The van der Waals surface area contributed by atoms with Gasteiger partial charge in [0, 0.05) is 17.5 Å². The van der Waals surface area contributed by atoms with Gasteiger partial charge in [0.15, 0.2) is 10.3 Å². The molecule has 1 aliphatic heterocycles. The normalized spacial score (nSPS) is 15.3. The van der Waals surface area contributed by atoms with Crippen LogP contribution in [0.2, 0.25) is 0 Å². The second kappa shape index (κ2) is 5.14. The van der Waals surface area contributed by atoms with Crippen molar-refractivity contribution in [3.8, 4) is 0 Å². The van der Waals surface area contributed by atoms with Crippen LogP contribution in [0.25, 0.3) is 0 Å². The number of benzene rings is 1. The van der Waals surface area contributed by atoms with Gasteiger partial charge in [0.1, 0.15) is 0 Å². The molecule has 2 heterocycles. The van der Waals surface area contributed by atoms with Crippen LogP contribution in [0.1, 0.15) is 10.4 Å². The summed E-state index contributed by atoms with van der Waals surface area (Å²) in [5.41, 5.74) is 1.22. The summed E-state index contributed by atoms with van der Waals surface area (Å²) in [7, 11) is 0. The topological polar surface area (TPSA) is 57.1 Å². The van der Waals surface area contributed by atoms with E-state index in [1.165, 1.54) is 33.6 Å². The molecule has 0 saturated carbocycles. The minimum Gasteiger partial charge on any atom is -0.278 e. The lowest BCUT2D eigenvalue weighted by atomic mass is 10.1. The Kier molecular flexibility index (Phi) is 3.35. The van der Waals surface area contributed by atoms with Gasteiger partial charge in [-0.3, -0.25) is 10.2 Å². The number of nitrogens with zero attached hydrogens (tertiary/aromatic N) is 2. The quantitative estimate of drug-likeness (QED) is 0.945. The fourth-order valence-electron chi connectivity index (χ4n) is 1.85. The molecule has 1 aliphatic rings. The number of thioether (sulfide) groups is 1. The van der Waals surface area contributed by atoms with Crippen molar-refractivity contribution < 1.29 is 4.79 Å². The van der Waals surface area contributed by atoms with Crippen molar-refractivity contribution in [2.45, 2.75) is 6.42 Å². The number of rotatable bonds is 3. The molecule has 2 aromatic rings. The van der Waals surface area contributed by atoms with Gasteiger partial charge < -0.3 is 0 Å². The summed E-state index contributed by atoms with van der Waals surface area (Å²) >= 11 is 2.72. The lowest BCUT2D eigenvalue weighted by Gasteiger charge is -2.09. The maximum Gasteiger partial charge on any atom is 0.245 e. The Morgan fingerprint density at radius 2 is 2.11 bits per heavy atom. The molecule has 19 heavy (non-hydrogen) atoms. The summed E-state index contributed by atoms with van der Waals surface area (Å²) in [4.78, 5) is 18.4. The van der Waals surface area contributed by atoms with Gasteiger partial charge in [-0.05, 0) is 5.56 Å². The van der Waals surface area contributed by atoms with E-state index < -0.39 is 0 Å². The SMILES string of the molecule is N=C1SCC(=O)N1c1ncc(Cc2ccccc2)s1. The van der Waals surface area contributed by atoms with E-state index in [1.54, 1.807) is 6.20 Å². The summed E-state index contributed by atoms with van der Waals surface area (Å²) in [6, 6.07) is 10.1. The van der Waals surface area contributed by atoms with Crippen LogP contribution in [-0.4, -0.2) is 21.8 Å². The van der Waals surface area contributed by atoms with Gasteiger partial charge >= 0.3 is 0 Å². The van der Waals surface area contributed by atoms with E-state index in [0.717, 1.165) is 11.3 Å². The molecule has 0 bridgehead atoms. The number of amides is 1. The first-order chi connectivity index (χ1) is 9.24. The van der Waals surface area contributed by atoms with Crippen LogP contribution in [0.15, 0.2) is 36.5 Å². The molecule has 0 spiro atoms. The molecule has 6 heteroatoms. The van der Waals surface area contributed by atoms with Crippen molar-refractivity contribution in [2.24, 2.45) is 0 Å². The molecule has 96 valence electrons. The van der Waals surface area contributed by atoms with Gasteiger partial charge in [0.05, 0.1) is 5.75 Å². The Bertz CT molecular complexity index is 608. The summed E-state index contributed by atoms with van der Waals surface area (Å²) in [5, 5.41) is 8.61. The van der Waals surface area contributed by atoms with Crippen LogP contribution < -0.4 is 4.90 Å². The third-order valence-corrected chi connectivity index (χ3v) is 4.57. The van der Waals surface area contributed by atoms with E-state index in [0.29, 0.717) is 10.9 Å². The third-order valence-electron chi connectivity index (χ3n) is 2.74. The minimum absolute atomic E-state index is 0.0596. The van der Waals surface area contributed by atoms with Crippen LogP contribution in [-0.2, 0) is 11.2 Å². The monoisotopic (exact) mass is 289 g/mol. The fraction of sp³-hybridized carbons (Fsp3) is 0.154. The number of hydrogen-bond donors (Lipinski definition) is 1. The maximum absolute atomic E-state index is 11.7. The molecule has 1 aromatic carbocycles. The van der Waals surface area contributed by atoms with Gasteiger partial charge in [-0.2, -0.15) is 0 Å². The van der Waals surface area contributed by atoms with E-state index in [1.807, 2.05) is 18.2 Å². The number of anilines is 1. The first-order valence-corrected chi connectivity index (χ1v) is 7.57. The van der Waals surface area contributed by atoms with E-state index in [-0.39, 0.29) is 11.1 Å². The molecule has 0 unspecified atom stereocenters. The van der Waals surface area contributed by atoms with Crippen molar-refractivity contribution in [3.05, 3.63) is 47.0 Å². The summed E-state index contributed by atoms with van der Waals surface area (Å²) in [6.45, 7) is 0. The van der Waals surface area contributed by atoms with Crippen LogP contribution in [0.4, 0.5) is 5.13 Å². The molecule has 3 rings (SSSR count). The number of nitrogens with one attached hydrogen (secondary N) is 1. The fourth-order valence-corrected chi connectivity index (χ4v) is 3.58. The van der Waals surface area contributed by atoms with Crippen molar-refractivity contribution >= 4 is 39.3 Å². The Hall–Kier alpha value is -1.66. The number of carbonyl (C=O) groups excluding carboxylic acids is 1. The van der Waals surface area contributed by atoms with Crippen molar-refractivity contribution in [1.82, 2.24) is 4.98 Å². The maximum atomic E-state index is 11.7. The predicted octanol–water partition coefficient (Wildman–Crippen LogP) is 2.75. The average molecular weight is 289 g/mol. The van der Waals surface area contributed by atoms with Gasteiger partial charge in [0.25, 0.3) is 0 Å². The molecule has 1 amide bonds. The number of thiazole rings is 1. The lowest BCUT2D eigenvalue weighted by Crippen LogP contribution is -2.28. The Morgan fingerprint density at radius 1 is 1.32 bits per heavy atom. The molecular formula is C13H11N3OS2. The van der Waals surface area contributed by atoms with E-state index >= 15 is 0 Å². The van der Waals surface area contributed by atoms with Crippen LogP contribution in [0, 0.1) is 5.41 Å². The van der Waals surface area contributed by atoms with Gasteiger partial charge in [-0.15, -0.1) is 11.3 Å². The van der Waals surface area contributed by atoms with E-state index in [2.05, 4.69) is 17.1 Å². The number of hydrogen-bond acceptors (Lipinski definition) is 5. The average Bonchev–Trinajstić information content (AvgIpc) is 2.98. The molecule has 4 nitrogen and oxygen atoms in total. The highest BCUT2D eigenvalue weighted by Gasteiger charge is 2.30. The molecule has 1 saturated heterocycles. The first kappa shape index (κ1) is 12.4. The first-order valence-electron chi connectivity index (χ1n) is 5.77. The number of amidine groups is 1. The Labute approximate surface area is 119 Å². The second-order valence-electron chi connectivity index (χ2n) is 4.09. The molecule has 0 atom stereocenters. The Balaban J connectivity index is 1.80. The molecule has 0 aliphatic carbocycles. The van der Waals surface area contributed by atoms with E-state index in [4.69, 9.17) is 5.41 Å². The van der Waals surface area contributed by atoms with Crippen LogP contribution >= 0.6 is 23.1 Å². The smallest absolute Gasteiger partial charge is 0.245 e. The molecule has 1 fully saturated rings. The largest absolute Gasteiger partial charge is 0.278 e. The predicted molar refractivity (Wildman–Crippen MR) is 79.0 cm³/mol. The number of carbonyl (C=O) groups is 1. The number of aromatic nitrogens is 1. The summed E-state index contributed by atoms with van der Waals surface area (Å²) in [5.74, 6) is 0.280. The second-order valence-corrected chi connectivity index (χ2v) is 6.15. The zero-order valence-electron chi connectivity index (χ0n) is 10.00. The van der Waals surface area contributed by atoms with Gasteiger partial charge in [-0.1, -0.05) is 42.1 Å². The van der Waals surface area contributed by atoms with E-state index in [9.17, 15) is 4.79 Å². The zero-order chi connectivity index (χ0) is 13.2. The highest BCUT2D eigenvalue weighted by atomic mass is 32.2. The lowest BCUT2D eigenvalue weighted by molar-refractivity contribution is -0.115. The van der Waals surface area contributed by atoms with Crippen molar-refractivity contribution in [1.29, 1.82) is 5.41 Å². The van der Waals surface area contributed by atoms with Crippen molar-refractivity contribution in [2.75, 3.05) is 10.7 Å². The van der Waals surface area contributed by atoms with Crippen LogP contribution in [0.3, 0.4) is 0 Å². The standard InChI is InChI=1S/C13H11N3OS2/c14-12-16(11(17)8-18-12)13-15-7-10(19-13)6-9-4-2-1-3-5-9/h1-5,7,14H,6,8H2. The Morgan fingerprint density at radius 3 is 2.79 bits per heavy atom. The van der Waals surface area contributed by atoms with Crippen molar-refractivity contribution in [3.63, 3.8) is 0 Å².